The number of nitrogens with zero attached hydrogens (tertiary/aromatic N) is 1. The summed E-state index contributed by atoms with van der Waals surface area (Å²) in [6, 6.07) is 3.13. The monoisotopic (exact) mass is 220 g/mol. The molecule has 0 spiro atoms. The standard InChI is InChI=1S/C12H16N2O2/c1-13-5-4-9-3-2-8-6-11(15)12(16)7-10(8)14-9/h6-7,13,15-16H,2-5H2,1H3. The molecule has 0 saturated carbocycles. The maximum atomic E-state index is 9.41. The third-order valence-corrected chi connectivity index (χ3v) is 2.80. The van der Waals surface area contributed by atoms with Crippen LogP contribution in [0.1, 0.15) is 18.4 Å². The van der Waals surface area contributed by atoms with Crippen LogP contribution in [0.2, 0.25) is 0 Å². The fourth-order valence-electron chi connectivity index (χ4n) is 1.87. The van der Waals surface area contributed by atoms with E-state index in [2.05, 4.69) is 10.3 Å². The first kappa shape index (κ1) is 11.0. The lowest BCUT2D eigenvalue weighted by Gasteiger charge is -2.16. The quantitative estimate of drug-likeness (QED) is 0.680. The SMILES string of the molecule is CNCCC1=Nc2cc(O)c(O)cc2CC1. The van der Waals surface area contributed by atoms with Gasteiger partial charge in [0.2, 0.25) is 0 Å². The Morgan fingerprint density at radius 3 is 2.75 bits per heavy atom. The maximum Gasteiger partial charge on any atom is 0.159 e. The molecule has 0 amide bonds. The normalized spacial score (nSPS) is 14.4. The summed E-state index contributed by atoms with van der Waals surface area (Å²) in [4.78, 5) is 4.49. The Balaban J connectivity index is 2.25. The lowest BCUT2D eigenvalue weighted by atomic mass is 9.99. The number of rotatable bonds is 3. The van der Waals surface area contributed by atoms with Gasteiger partial charge in [0, 0.05) is 18.3 Å². The van der Waals surface area contributed by atoms with Gasteiger partial charge < -0.3 is 15.5 Å². The molecule has 0 fully saturated rings. The van der Waals surface area contributed by atoms with Crippen molar-refractivity contribution in [2.75, 3.05) is 13.6 Å². The molecular weight excluding hydrogens is 204 g/mol. The number of aliphatic imine (C=N–C) groups is 1. The Labute approximate surface area is 94.6 Å². The average molecular weight is 220 g/mol. The Hall–Kier alpha value is -1.55. The van der Waals surface area contributed by atoms with Crippen molar-refractivity contribution in [3.8, 4) is 11.5 Å². The molecule has 1 aliphatic heterocycles. The van der Waals surface area contributed by atoms with Crippen LogP contribution in [-0.4, -0.2) is 29.5 Å². The molecule has 0 radical (unpaired) electrons. The molecule has 0 bridgehead atoms. The van der Waals surface area contributed by atoms with Crippen LogP contribution in [0.25, 0.3) is 0 Å². The lowest BCUT2D eigenvalue weighted by molar-refractivity contribution is 0.403. The number of nitrogens with one attached hydrogen (secondary N) is 1. The van der Waals surface area contributed by atoms with Crippen LogP contribution in [0.3, 0.4) is 0 Å². The van der Waals surface area contributed by atoms with Gasteiger partial charge in [-0.25, -0.2) is 0 Å². The van der Waals surface area contributed by atoms with Crippen LogP contribution >= 0.6 is 0 Å². The minimum atomic E-state index is -0.0997. The van der Waals surface area contributed by atoms with E-state index in [9.17, 15) is 10.2 Å². The molecule has 86 valence electrons. The largest absolute Gasteiger partial charge is 0.504 e. The number of aryl methyl sites for hydroxylation is 1. The van der Waals surface area contributed by atoms with Gasteiger partial charge in [0.05, 0.1) is 5.69 Å². The van der Waals surface area contributed by atoms with E-state index >= 15 is 0 Å². The molecule has 0 aliphatic carbocycles. The molecule has 0 saturated heterocycles. The van der Waals surface area contributed by atoms with Crippen molar-refractivity contribution in [3.63, 3.8) is 0 Å². The van der Waals surface area contributed by atoms with E-state index < -0.39 is 0 Å². The maximum absolute atomic E-state index is 9.41. The van der Waals surface area contributed by atoms with Crippen molar-refractivity contribution in [3.05, 3.63) is 17.7 Å². The van der Waals surface area contributed by atoms with Crippen molar-refractivity contribution >= 4 is 11.4 Å². The van der Waals surface area contributed by atoms with E-state index in [4.69, 9.17) is 0 Å². The molecule has 4 nitrogen and oxygen atoms in total. The minimum Gasteiger partial charge on any atom is -0.504 e. The fraction of sp³-hybridized carbons (Fsp3) is 0.417. The number of benzene rings is 1. The summed E-state index contributed by atoms with van der Waals surface area (Å²) in [6.45, 7) is 0.915. The number of fused-ring (bicyclic) bond motifs is 1. The highest BCUT2D eigenvalue weighted by Gasteiger charge is 2.14. The Morgan fingerprint density at radius 1 is 1.25 bits per heavy atom. The summed E-state index contributed by atoms with van der Waals surface area (Å²) in [7, 11) is 1.92. The third kappa shape index (κ3) is 2.17. The summed E-state index contributed by atoms with van der Waals surface area (Å²) in [6.07, 6.45) is 2.74. The first-order valence-electron chi connectivity index (χ1n) is 5.46. The van der Waals surface area contributed by atoms with Crippen molar-refractivity contribution in [2.24, 2.45) is 4.99 Å². The zero-order valence-corrected chi connectivity index (χ0v) is 9.32. The number of phenolic OH excluding ortho intramolecular Hbond substituents is 2. The van der Waals surface area contributed by atoms with Gasteiger partial charge in [-0.1, -0.05) is 0 Å². The molecule has 0 aromatic heterocycles. The van der Waals surface area contributed by atoms with E-state index in [1.54, 1.807) is 6.07 Å². The first-order chi connectivity index (χ1) is 7.70. The van der Waals surface area contributed by atoms with Gasteiger partial charge in [-0.15, -0.1) is 0 Å². The zero-order chi connectivity index (χ0) is 11.5. The summed E-state index contributed by atoms with van der Waals surface area (Å²) >= 11 is 0. The second-order valence-electron chi connectivity index (χ2n) is 4.00. The predicted molar refractivity (Wildman–Crippen MR) is 63.7 cm³/mol. The van der Waals surface area contributed by atoms with E-state index in [0.717, 1.165) is 42.8 Å². The van der Waals surface area contributed by atoms with Gasteiger partial charge in [-0.05, 0) is 37.9 Å². The van der Waals surface area contributed by atoms with Crippen molar-refractivity contribution < 1.29 is 10.2 Å². The fourth-order valence-corrected chi connectivity index (χ4v) is 1.87. The number of phenols is 2. The van der Waals surface area contributed by atoms with Crippen molar-refractivity contribution in [1.82, 2.24) is 5.32 Å². The van der Waals surface area contributed by atoms with Gasteiger partial charge in [0.25, 0.3) is 0 Å². The molecule has 0 unspecified atom stereocenters. The van der Waals surface area contributed by atoms with Crippen LogP contribution in [0.4, 0.5) is 5.69 Å². The predicted octanol–water partition coefficient (Wildman–Crippen LogP) is 1.73. The minimum absolute atomic E-state index is 0.0624. The Kier molecular flexibility index (Phi) is 3.10. The van der Waals surface area contributed by atoms with Crippen LogP contribution < -0.4 is 5.32 Å². The molecule has 1 aromatic rings. The van der Waals surface area contributed by atoms with Gasteiger partial charge in [-0.3, -0.25) is 4.99 Å². The van der Waals surface area contributed by atoms with Crippen LogP contribution in [0, 0.1) is 0 Å². The van der Waals surface area contributed by atoms with Gasteiger partial charge in [0.15, 0.2) is 11.5 Å². The topological polar surface area (TPSA) is 64.9 Å². The van der Waals surface area contributed by atoms with Crippen LogP contribution in [-0.2, 0) is 6.42 Å². The van der Waals surface area contributed by atoms with Gasteiger partial charge in [-0.2, -0.15) is 0 Å². The summed E-state index contributed by atoms with van der Waals surface area (Å²) in [5, 5.41) is 21.9. The molecule has 2 rings (SSSR count). The molecule has 1 aromatic carbocycles. The first-order valence-corrected chi connectivity index (χ1v) is 5.46. The highest BCUT2D eigenvalue weighted by molar-refractivity contribution is 5.89. The highest BCUT2D eigenvalue weighted by atomic mass is 16.3. The van der Waals surface area contributed by atoms with Crippen molar-refractivity contribution in [1.29, 1.82) is 0 Å². The number of hydrogen-bond donors (Lipinski definition) is 3. The second kappa shape index (κ2) is 4.53. The zero-order valence-electron chi connectivity index (χ0n) is 9.32. The molecule has 3 N–H and O–H groups in total. The van der Waals surface area contributed by atoms with E-state index in [1.807, 2.05) is 7.05 Å². The summed E-state index contributed by atoms with van der Waals surface area (Å²) in [5.74, 6) is -0.162. The van der Waals surface area contributed by atoms with E-state index in [-0.39, 0.29) is 11.5 Å². The summed E-state index contributed by atoms with van der Waals surface area (Å²) < 4.78 is 0. The van der Waals surface area contributed by atoms with E-state index in [0.29, 0.717) is 0 Å². The molecular formula is C12H16N2O2. The third-order valence-electron chi connectivity index (χ3n) is 2.80. The van der Waals surface area contributed by atoms with Crippen molar-refractivity contribution in [2.45, 2.75) is 19.3 Å². The highest BCUT2D eigenvalue weighted by Crippen LogP contribution is 2.36. The number of aromatic hydroxyl groups is 2. The molecule has 1 aliphatic rings. The molecule has 16 heavy (non-hydrogen) atoms. The smallest absolute Gasteiger partial charge is 0.159 e. The van der Waals surface area contributed by atoms with Gasteiger partial charge in [0.1, 0.15) is 0 Å². The lowest BCUT2D eigenvalue weighted by Crippen LogP contribution is -2.15. The summed E-state index contributed by atoms with van der Waals surface area (Å²) in [5.41, 5.74) is 2.93. The molecule has 0 atom stereocenters. The van der Waals surface area contributed by atoms with Crippen LogP contribution in [0.5, 0.6) is 11.5 Å². The molecule has 4 heteroatoms. The Bertz CT molecular complexity index is 427. The molecule has 1 heterocycles. The number of hydrogen-bond acceptors (Lipinski definition) is 4. The van der Waals surface area contributed by atoms with Crippen LogP contribution in [0.15, 0.2) is 17.1 Å². The van der Waals surface area contributed by atoms with Gasteiger partial charge >= 0.3 is 0 Å². The Morgan fingerprint density at radius 2 is 2.00 bits per heavy atom. The van der Waals surface area contributed by atoms with E-state index in [1.165, 1.54) is 6.07 Å². The second-order valence-corrected chi connectivity index (χ2v) is 4.00. The average Bonchev–Trinajstić information content (AvgIpc) is 2.28.